The summed E-state index contributed by atoms with van der Waals surface area (Å²) in [6.07, 6.45) is 0. The highest BCUT2D eigenvalue weighted by atomic mass is 32.2. The van der Waals surface area contributed by atoms with Crippen molar-refractivity contribution in [2.45, 2.75) is 52.4 Å². The van der Waals surface area contributed by atoms with Crippen LogP contribution in [0.4, 0.5) is 0 Å². The van der Waals surface area contributed by atoms with Gasteiger partial charge in [0.05, 0.1) is 39.6 Å². The van der Waals surface area contributed by atoms with E-state index in [0.29, 0.717) is 39.6 Å². The average molecular weight is 563 g/mol. The Hall–Kier alpha value is -1.84. The van der Waals surface area contributed by atoms with Crippen molar-refractivity contribution in [2.75, 3.05) is 26.4 Å². The fourth-order valence-corrected chi connectivity index (χ4v) is 8.91. The fraction of sp³-hybridized carbons (Fsp3) is 0.200. The molecule has 0 N–H and O–H groups in total. The molecule has 0 bridgehead atoms. The minimum atomic E-state index is 0.563. The topological polar surface area (TPSA) is 27.7 Å². The van der Waals surface area contributed by atoms with Crippen LogP contribution >= 0.6 is 47.0 Å². The third kappa shape index (κ3) is 6.09. The largest absolute Gasteiger partial charge is 0.377 e. The van der Waals surface area contributed by atoms with Gasteiger partial charge in [0.25, 0.3) is 0 Å². The summed E-state index contributed by atoms with van der Waals surface area (Å²) in [6.45, 7) is 3.45. The van der Waals surface area contributed by atoms with Gasteiger partial charge in [-0.05, 0) is 47.5 Å². The van der Waals surface area contributed by atoms with Crippen LogP contribution in [-0.4, -0.2) is 26.4 Å². The molecular weight excluding hydrogens is 537 g/mol. The van der Waals surface area contributed by atoms with Crippen molar-refractivity contribution in [1.29, 1.82) is 0 Å². The Balaban J connectivity index is 0.907. The minimum absolute atomic E-state index is 0.563. The van der Waals surface area contributed by atoms with Crippen LogP contribution in [0, 0.1) is 0 Å². The van der Waals surface area contributed by atoms with Crippen molar-refractivity contribution >= 4 is 47.0 Å². The summed E-state index contributed by atoms with van der Waals surface area (Å²) in [6, 6.07) is 30.1. The molecule has 2 aliphatic heterocycles. The van der Waals surface area contributed by atoms with E-state index in [2.05, 4.69) is 84.9 Å². The number of hydrogen-bond donors (Lipinski definition) is 0. The summed E-state index contributed by atoms with van der Waals surface area (Å²) in [5, 5.41) is 0. The Bertz CT molecular complexity index is 1290. The molecule has 0 unspecified atom stereocenters. The average Bonchev–Trinajstić information content (AvgIpc) is 2.94. The Morgan fingerprint density at radius 1 is 0.378 bits per heavy atom. The standard InChI is InChI=1S/C30H26O3S4/c1-3-11-25-23(9-1)34-27-13-5-7-21(29(27)36-25)19-32-17-15-31-16-18-33-20-22-8-6-14-28-30(22)37-26-12-4-2-10-24(26)35-28/h1-14H,15-20H2. The third-order valence-corrected chi connectivity index (χ3v) is 11.3. The zero-order valence-electron chi connectivity index (χ0n) is 20.2. The second kappa shape index (κ2) is 12.3. The molecule has 0 radical (unpaired) electrons. The molecule has 0 atom stereocenters. The molecule has 0 saturated carbocycles. The highest BCUT2D eigenvalue weighted by molar-refractivity contribution is 8.05. The Morgan fingerprint density at radius 3 is 1.22 bits per heavy atom. The molecule has 7 heteroatoms. The summed E-state index contributed by atoms with van der Waals surface area (Å²) < 4.78 is 17.7. The first kappa shape index (κ1) is 25.4. The molecule has 3 nitrogen and oxygen atoms in total. The van der Waals surface area contributed by atoms with Crippen molar-refractivity contribution in [3.8, 4) is 0 Å². The lowest BCUT2D eigenvalue weighted by Gasteiger charge is -2.21. The molecular formula is C30H26O3S4. The van der Waals surface area contributed by atoms with E-state index in [-0.39, 0.29) is 0 Å². The summed E-state index contributed by atoms with van der Waals surface area (Å²) in [5.74, 6) is 0. The van der Waals surface area contributed by atoms with E-state index in [4.69, 9.17) is 14.2 Å². The summed E-state index contributed by atoms with van der Waals surface area (Å²) in [5.41, 5.74) is 2.47. The summed E-state index contributed by atoms with van der Waals surface area (Å²) in [7, 11) is 0. The van der Waals surface area contributed by atoms with E-state index in [1.165, 1.54) is 50.3 Å². The molecule has 0 amide bonds. The monoisotopic (exact) mass is 562 g/mol. The maximum atomic E-state index is 5.95. The normalized spacial score (nSPS) is 13.4. The van der Waals surface area contributed by atoms with Crippen LogP contribution in [0.25, 0.3) is 0 Å². The van der Waals surface area contributed by atoms with Gasteiger partial charge >= 0.3 is 0 Å². The number of fused-ring (bicyclic) bond motifs is 4. The fourth-order valence-electron chi connectivity index (χ4n) is 4.14. The van der Waals surface area contributed by atoms with Crippen molar-refractivity contribution in [3.05, 3.63) is 96.1 Å². The van der Waals surface area contributed by atoms with Crippen LogP contribution in [0.1, 0.15) is 11.1 Å². The molecule has 4 aromatic rings. The van der Waals surface area contributed by atoms with Gasteiger partial charge in [0, 0.05) is 39.2 Å². The van der Waals surface area contributed by atoms with Crippen molar-refractivity contribution in [2.24, 2.45) is 0 Å². The predicted molar refractivity (Wildman–Crippen MR) is 152 cm³/mol. The van der Waals surface area contributed by atoms with Gasteiger partial charge in [-0.15, -0.1) is 0 Å². The second-order valence-corrected chi connectivity index (χ2v) is 12.8. The molecule has 2 heterocycles. The predicted octanol–water partition coefficient (Wildman–Crippen LogP) is 8.67. The molecule has 0 saturated heterocycles. The Morgan fingerprint density at radius 2 is 0.757 bits per heavy atom. The van der Waals surface area contributed by atoms with Crippen LogP contribution in [0.15, 0.2) is 124 Å². The van der Waals surface area contributed by atoms with Gasteiger partial charge < -0.3 is 14.2 Å². The van der Waals surface area contributed by atoms with E-state index in [0.717, 1.165) is 0 Å². The third-order valence-electron chi connectivity index (χ3n) is 5.94. The van der Waals surface area contributed by atoms with Gasteiger partial charge in [0.1, 0.15) is 0 Å². The molecule has 2 aliphatic rings. The molecule has 0 aliphatic carbocycles. The van der Waals surface area contributed by atoms with E-state index in [1.54, 1.807) is 0 Å². The quantitative estimate of drug-likeness (QED) is 0.154. The highest BCUT2D eigenvalue weighted by Gasteiger charge is 2.20. The van der Waals surface area contributed by atoms with Gasteiger partial charge in [-0.2, -0.15) is 0 Å². The maximum Gasteiger partial charge on any atom is 0.0729 e. The first-order chi connectivity index (χ1) is 18.3. The lowest BCUT2D eigenvalue weighted by Crippen LogP contribution is -2.10. The number of ether oxygens (including phenoxy) is 3. The van der Waals surface area contributed by atoms with Gasteiger partial charge in [0.15, 0.2) is 0 Å². The lowest BCUT2D eigenvalue weighted by atomic mass is 10.2. The highest BCUT2D eigenvalue weighted by Crippen LogP contribution is 2.50. The number of rotatable bonds is 10. The van der Waals surface area contributed by atoms with E-state index in [1.807, 2.05) is 47.0 Å². The molecule has 37 heavy (non-hydrogen) atoms. The Kier molecular flexibility index (Phi) is 8.49. The van der Waals surface area contributed by atoms with Crippen LogP contribution in [0.5, 0.6) is 0 Å². The number of benzene rings is 4. The molecule has 0 aromatic heterocycles. The van der Waals surface area contributed by atoms with E-state index < -0.39 is 0 Å². The van der Waals surface area contributed by atoms with Crippen LogP contribution in [-0.2, 0) is 27.4 Å². The van der Waals surface area contributed by atoms with Crippen LogP contribution in [0.3, 0.4) is 0 Å². The van der Waals surface area contributed by atoms with Crippen LogP contribution in [0.2, 0.25) is 0 Å². The van der Waals surface area contributed by atoms with Gasteiger partial charge in [-0.25, -0.2) is 0 Å². The summed E-state index contributed by atoms with van der Waals surface area (Å²) >= 11 is 7.35. The first-order valence-electron chi connectivity index (χ1n) is 12.2. The minimum Gasteiger partial charge on any atom is -0.377 e. The van der Waals surface area contributed by atoms with Gasteiger partial charge in [0.2, 0.25) is 0 Å². The molecule has 4 aromatic carbocycles. The smallest absolute Gasteiger partial charge is 0.0729 e. The first-order valence-corrected chi connectivity index (χ1v) is 15.5. The second-order valence-electron chi connectivity index (χ2n) is 8.51. The Labute approximate surface area is 235 Å². The summed E-state index contributed by atoms with van der Waals surface area (Å²) in [4.78, 5) is 10.5. The van der Waals surface area contributed by atoms with E-state index in [9.17, 15) is 0 Å². The molecule has 0 fully saturated rings. The SMILES string of the molecule is c1ccc2c(c1)Sc1cccc(COCCOCCOCc3cccc4c3Sc3ccccc3S4)c1S2. The van der Waals surface area contributed by atoms with Crippen LogP contribution < -0.4 is 0 Å². The molecule has 0 spiro atoms. The van der Waals surface area contributed by atoms with Crippen molar-refractivity contribution < 1.29 is 14.2 Å². The van der Waals surface area contributed by atoms with Gasteiger partial charge in [-0.3, -0.25) is 0 Å². The molecule has 188 valence electrons. The van der Waals surface area contributed by atoms with Crippen molar-refractivity contribution in [3.63, 3.8) is 0 Å². The molecule has 6 rings (SSSR count). The van der Waals surface area contributed by atoms with E-state index >= 15 is 0 Å². The maximum absolute atomic E-state index is 5.95. The van der Waals surface area contributed by atoms with Crippen molar-refractivity contribution in [1.82, 2.24) is 0 Å². The zero-order valence-corrected chi connectivity index (χ0v) is 23.4. The zero-order chi connectivity index (χ0) is 24.9. The number of hydrogen-bond acceptors (Lipinski definition) is 7. The van der Waals surface area contributed by atoms with Gasteiger partial charge in [-0.1, -0.05) is 95.6 Å². The lowest BCUT2D eigenvalue weighted by molar-refractivity contribution is 0.00634.